The first-order chi connectivity index (χ1) is 12.1. The zero-order valence-electron chi connectivity index (χ0n) is 13.6. The Balaban J connectivity index is 0.00000196. The number of halogens is 1. The number of rotatable bonds is 5. The van der Waals surface area contributed by atoms with Crippen molar-refractivity contribution in [3.63, 3.8) is 0 Å². The lowest BCUT2D eigenvalue weighted by molar-refractivity contribution is 0.0934. The van der Waals surface area contributed by atoms with Crippen LogP contribution in [0.1, 0.15) is 21.0 Å². The van der Waals surface area contributed by atoms with E-state index >= 15 is 0 Å². The number of nitrogens with two attached hydrogens (primary N) is 1. The average molecular weight is 377 g/mol. The van der Waals surface area contributed by atoms with E-state index in [9.17, 15) is 9.59 Å². The molecule has 1 aliphatic rings. The summed E-state index contributed by atoms with van der Waals surface area (Å²) in [7, 11) is 0. The Labute approximate surface area is 154 Å². The first-order valence-corrected chi connectivity index (χ1v) is 7.84. The monoisotopic (exact) mass is 376 g/mol. The summed E-state index contributed by atoms with van der Waals surface area (Å²) in [5.41, 5.74) is 6.32. The van der Waals surface area contributed by atoms with Gasteiger partial charge in [-0.25, -0.2) is 9.97 Å². The van der Waals surface area contributed by atoms with Crippen molar-refractivity contribution in [1.82, 2.24) is 25.0 Å². The summed E-state index contributed by atoms with van der Waals surface area (Å²) < 4.78 is 6.82. The molecule has 3 aromatic rings. The number of fused-ring (bicyclic) bond motifs is 1. The van der Waals surface area contributed by atoms with Crippen molar-refractivity contribution in [2.75, 3.05) is 19.6 Å². The van der Waals surface area contributed by atoms with Gasteiger partial charge in [0.2, 0.25) is 0 Å². The van der Waals surface area contributed by atoms with E-state index < -0.39 is 5.91 Å². The van der Waals surface area contributed by atoms with Crippen LogP contribution in [0, 0.1) is 5.92 Å². The molecule has 0 radical (unpaired) electrons. The Morgan fingerprint density at radius 1 is 1.42 bits per heavy atom. The molecular formula is C16H17ClN6O3. The van der Waals surface area contributed by atoms with E-state index in [0.29, 0.717) is 29.6 Å². The maximum absolute atomic E-state index is 12.6. The number of carbonyl (C=O) groups excluding carboxylic acids is 2. The SMILES string of the molecule is Cl.NC(=O)c1ncn2c(C(=O)NCC3CNC3)cc(-c3ccco3)nc12. The van der Waals surface area contributed by atoms with Gasteiger partial charge in [0.15, 0.2) is 17.1 Å². The molecule has 10 heteroatoms. The van der Waals surface area contributed by atoms with Gasteiger partial charge in [0.05, 0.1) is 6.26 Å². The van der Waals surface area contributed by atoms with Gasteiger partial charge in [0.1, 0.15) is 17.7 Å². The average Bonchev–Trinajstić information content (AvgIpc) is 3.21. The molecule has 4 rings (SSSR count). The fraction of sp³-hybridized carbons (Fsp3) is 0.250. The highest BCUT2D eigenvalue weighted by atomic mass is 35.5. The zero-order valence-corrected chi connectivity index (χ0v) is 14.5. The Kier molecular flexibility index (Phi) is 4.92. The molecule has 136 valence electrons. The number of amides is 2. The van der Waals surface area contributed by atoms with E-state index in [-0.39, 0.29) is 29.7 Å². The molecule has 2 amide bonds. The first-order valence-electron chi connectivity index (χ1n) is 7.84. The van der Waals surface area contributed by atoms with Gasteiger partial charge in [-0.1, -0.05) is 0 Å². The minimum atomic E-state index is -0.710. The predicted octanol–water partition coefficient (Wildman–Crippen LogP) is 0.459. The molecule has 9 nitrogen and oxygen atoms in total. The Morgan fingerprint density at radius 2 is 2.23 bits per heavy atom. The van der Waals surface area contributed by atoms with E-state index in [2.05, 4.69) is 20.6 Å². The smallest absolute Gasteiger partial charge is 0.271 e. The molecule has 0 atom stereocenters. The maximum atomic E-state index is 12.6. The lowest BCUT2D eigenvalue weighted by Gasteiger charge is -2.27. The highest BCUT2D eigenvalue weighted by molar-refractivity contribution is 5.99. The zero-order chi connectivity index (χ0) is 17.4. The molecule has 0 unspecified atom stereocenters. The lowest BCUT2D eigenvalue weighted by atomic mass is 10.0. The molecule has 0 bridgehead atoms. The van der Waals surface area contributed by atoms with Crippen molar-refractivity contribution >= 4 is 29.9 Å². The van der Waals surface area contributed by atoms with Crippen LogP contribution in [-0.4, -0.2) is 45.8 Å². The summed E-state index contributed by atoms with van der Waals surface area (Å²) in [4.78, 5) is 32.6. The van der Waals surface area contributed by atoms with Gasteiger partial charge in [0.25, 0.3) is 11.8 Å². The molecule has 0 aromatic carbocycles. The third-order valence-electron chi connectivity index (χ3n) is 4.16. The number of primary amides is 1. The maximum Gasteiger partial charge on any atom is 0.271 e. The second-order valence-corrected chi connectivity index (χ2v) is 5.89. The topological polar surface area (TPSA) is 128 Å². The fourth-order valence-electron chi connectivity index (χ4n) is 2.69. The van der Waals surface area contributed by atoms with E-state index in [1.54, 1.807) is 18.2 Å². The molecule has 4 N–H and O–H groups in total. The number of carbonyl (C=O) groups is 2. The first kappa shape index (κ1) is 17.9. The van der Waals surface area contributed by atoms with Crippen LogP contribution in [0.4, 0.5) is 0 Å². The number of aromatic nitrogens is 3. The van der Waals surface area contributed by atoms with Gasteiger partial charge in [-0.05, 0) is 18.2 Å². The summed E-state index contributed by atoms with van der Waals surface area (Å²) in [6.07, 6.45) is 2.88. The molecular weight excluding hydrogens is 360 g/mol. The molecule has 0 saturated carbocycles. The fourth-order valence-corrected chi connectivity index (χ4v) is 2.69. The number of nitrogens with zero attached hydrogens (tertiary/aromatic N) is 3. The van der Waals surface area contributed by atoms with Gasteiger partial charge >= 0.3 is 0 Å². The molecule has 1 aliphatic heterocycles. The van der Waals surface area contributed by atoms with Crippen LogP contribution < -0.4 is 16.4 Å². The van der Waals surface area contributed by atoms with Crippen LogP contribution in [0.2, 0.25) is 0 Å². The van der Waals surface area contributed by atoms with Gasteiger partial charge in [0, 0.05) is 25.6 Å². The minimum absolute atomic E-state index is 0. The highest BCUT2D eigenvalue weighted by Gasteiger charge is 2.22. The molecule has 3 aromatic heterocycles. The summed E-state index contributed by atoms with van der Waals surface area (Å²) in [5.74, 6) is -0.0785. The second-order valence-electron chi connectivity index (χ2n) is 5.89. The number of hydrogen-bond donors (Lipinski definition) is 3. The van der Waals surface area contributed by atoms with Crippen LogP contribution in [0.15, 0.2) is 35.2 Å². The van der Waals surface area contributed by atoms with Gasteiger partial charge in [-0.3, -0.25) is 14.0 Å². The van der Waals surface area contributed by atoms with Crippen LogP contribution in [0.25, 0.3) is 17.1 Å². The molecule has 4 heterocycles. The highest BCUT2D eigenvalue weighted by Crippen LogP contribution is 2.21. The number of nitrogens with one attached hydrogen (secondary N) is 2. The molecule has 26 heavy (non-hydrogen) atoms. The van der Waals surface area contributed by atoms with Crippen LogP contribution in [-0.2, 0) is 0 Å². The molecule has 0 spiro atoms. The van der Waals surface area contributed by atoms with Crippen LogP contribution in [0.5, 0.6) is 0 Å². The normalized spacial score (nSPS) is 13.8. The van der Waals surface area contributed by atoms with E-state index in [1.807, 2.05) is 0 Å². The van der Waals surface area contributed by atoms with E-state index in [1.165, 1.54) is 17.0 Å². The van der Waals surface area contributed by atoms with Crippen molar-refractivity contribution in [2.24, 2.45) is 11.7 Å². The van der Waals surface area contributed by atoms with E-state index in [0.717, 1.165) is 13.1 Å². The number of hydrogen-bond acceptors (Lipinski definition) is 6. The second kappa shape index (κ2) is 7.14. The minimum Gasteiger partial charge on any atom is -0.463 e. The van der Waals surface area contributed by atoms with Crippen molar-refractivity contribution in [2.45, 2.75) is 0 Å². The summed E-state index contributed by atoms with van der Waals surface area (Å²) in [6.45, 7) is 2.35. The lowest BCUT2D eigenvalue weighted by Crippen LogP contribution is -2.48. The largest absolute Gasteiger partial charge is 0.463 e. The van der Waals surface area contributed by atoms with Crippen molar-refractivity contribution in [3.8, 4) is 11.5 Å². The van der Waals surface area contributed by atoms with Gasteiger partial charge in [-0.15, -0.1) is 12.4 Å². The third kappa shape index (κ3) is 3.14. The van der Waals surface area contributed by atoms with Gasteiger partial charge < -0.3 is 20.8 Å². The van der Waals surface area contributed by atoms with Crippen LogP contribution in [0.3, 0.4) is 0 Å². The Morgan fingerprint density at radius 3 is 2.85 bits per heavy atom. The predicted molar refractivity (Wildman–Crippen MR) is 95.1 cm³/mol. The van der Waals surface area contributed by atoms with Gasteiger partial charge in [-0.2, -0.15) is 0 Å². The third-order valence-corrected chi connectivity index (χ3v) is 4.16. The van der Waals surface area contributed by atoms with Crippen LogP contribution >= 0.6 is 12.4 Å². The summed E-state index contributed by atoms with van der Waals surface area (Å²) in [6, 6.07) is 5.05. The molecule has 0 aliphatic carbocycles. The Bertz CT molecular complexity index is 948. The molecule has 1 saturated heterocycles. The standard InChI is InChI=1S/C16H16N6O3.ClH/c17-14(23)13-15-21-10(12-2-1-3-25-12)4-11(22(15)8-20-13)16(24)19-7-9-5-18-6-9;/h1-4,8-9,18H,5-7H2,(H2,17,23)(H,19,24);1H. The Hall–Kier alpha value is -2.91. The van der Waals surface area contributed by atoms with E-state index in [4.69, 9.17) is 10.2 Å². The van der Waals surface area contributed by atoms with Crippen molar-refractivity contribution < 1.29 is 14.0 Å². The quantitative estimate of drug-likeness (QED) is 0.593. The molecule has 1 fully saturated rings. The van der Waals surface area contributed by atoms with Crippen molar-refractivity contribution in [1.29, 1.82) is 0 Å². The summed E-state index contributed by atoms with van der Waals surface area (Å²) in [5, 5.41) is 6.06. The van der Waals surface area contributed by atoms with Crippen molar-refractivity contribution in [3.05, 3.63) is 42.2 Å². The summed E-state index contributed by atoms with van der Waals surface area (Å²) >= 11 is 0. The number of imidazole rings is 1. The number of furan rings is 1.